The molecule has 0 saturated carbocycles. The molecular weight excluding hydrogens is 326 g/mol. The van der Waals surface area contributed by atoms with Gasteiger partial charge in [-0.3, -0.25) is 14.6 Å². The maximum absolute atomic E-state index is 12.6. The standard InChI is InChI=1S/C17H17N3O5/c21-14-13(8-18-17(25)19-14)15(22)20-7-1-2-12(9-20)10-3-5-11(6-4-10)16(23)24/h3-6,8,12H,1-2,7,9H2,(H,23,24)(H2,18,19,21,25)/t12-/m1/s1. The topological polar surface area (TPSA) is 123 Å². The molecule has 0 aliphatic carbocycles. The van der Waals surface area contributed by atoms with Crippen LogP contribution in [-0.2, 0) is 0 Å². The van der Waals surface area contributed by atoms with Crippen molar-refractivity contribution < 1.29 is 14.7 Å². The van der Waals surface area contributed by atoms with Crippen LogP contribution in [0.25, 0.3) is 0 Å². The smallest absolute Gasteiger partial charge is 0.335 e. The van der Waals surface area contributed by atoms with Crippen molar-refractivity contribution in [2.45, 2.75) is 18.8 Å². The number of aromatic carboxylic acids is 1. The number of amides is 1. The monoisotopic (exact) mass is 343 g/mol. The van der Waals surface area contributed by atoms with Gasteiger partial charge >= 0.3 is 11.7 Å². The molecule has 3 N–H and O–H groups in total. The van der Waals surface area contributed by atoms with Crippen LogP contribution in [0.4, 0.5) is 0 Å². The van der Waals surface area contributed by atoms with Crippen molar-refractivity contribution in [1.29, 1.82) is 0 Å². The number of nitrogens with zero attached hydrogens (tertiary/aromatic N) is 1. The van der Waals surface area contributed by atoms with Gasteiger partial charge < -0.3 is 15.0 Å². The summed E-state index contributed by atoms with van der Waals surface area (Å²) in [5.41, 5.74) is -0.287. The van der Waals surface area contributed by atoms with Gasteiger partial charge in [0.05, 0.1) is 5.56 Å². The Kier molecular flexibility index (Phi) is 4.51. The van der Waals surface area contributed by atoms with Crippen LogP contribution in [0.1, 0.15) is 45.0 Å². The minimum atomic E-state index is -0.982. The molecule has 2 heterocycles. The van der Waals surface area contributed by atoms with E-state index in [9.17, 15) is 19.2 Å². The van der Waals surface area contributed by atoms with Crippen LogP contribution in [0.15, 0.2) is 40.1 Å². The zero-order chi connectivity index (χ0) is 18.0. The zero-order valence-electron chi connectivity index (χ0n) is 13.3. The quantitative estimate of drug-likeness (QED) is 0.760. The van der Waals surface area contributed by atoms with E-state index in [1.165, 1.54) is 0 Å². The number of hydrogen-bond donors (Lipinski definition) is 3. The first-order chi connectivity index (χ1) is 12.0. The molecule has 0 unspecified atom stereocenters. The van der Waals surface area contributed by atoms with Crippen molar-refractivity contribution in [2.24, 2.45) is 0 Å². The molecule has 1 atom stereocenters. The molecular formula is C17H17N3O5. The third kappa shape index (κ3) is 3.52. The minimum absolute atomic E-state index is 0.0717. The van der Waals surface area contributed by atoms with Crippen LogP contribution in [-0.4, -0.2) is 44.9 Å². The maximum Gasteiger partial charge on any atom is 0.335 e. The van der Waals surface area contributed by atoms with Crippen LogP contribution < -0.4 is 11.2 Å². The summed E-state index contributed by atoms with van der Waals surface area (Å²) in [5, 5.41) is 8.96. The third-order valence-electron chi connectivity index (χ3n) is 4.39. The fraction of sp³-hybridized carbons (Fsp3) is 0.294. The highest BCUT2D eigenvalue weighted by Crippen LogP contribution is 2.27. The highest BCUT2D eigenvalue weighted by atomic mass is 16.4. The van der Waals surface area contributed by atoms with E-state index in [1.807, 2.05) is 4.98 Å². The predicted octanol–water partition coefficient (Wildman–Crippen LogP) is 0.781. The van der Waals surface area contributed by atoms with Crippen molar-refractivity contribution >= 4 is 11.9 Å². The third-order valence-corrected chi connectivity index (χ3v) is 4.39. The molecule has 1 aromatic carbocycles. The molecule has 1 aliphatic heterocycles. The van der Waals surface area contributed by atoms with Gasteiger partial charge in [-0.15, -0.1) is 0 Å². The van der Waals surface area contributed by atoms with Crippen LogP contribution >= 0.6 is 0 Å². The van der Waals surface area contributed by atoms with Crippen LogP contribution in [0.3, 0.4) is 0 Å². The molecule has 0 bridgehead atoms. The molecule has 1 amide bonds. The normalized spacial score (nSPS) is 17.3. The Morgan fingerprint density at radius 3 is 2.52 bits per heavy atom. The van der Waals surface area contributed by atoms with Gasteiger partial charge in [0, 0.05) is 25.2 Å². The number of nitrogens with one attached hydrogen (secondary N) is 2. The Labute approximate surface area is 142 Å². The van der Waals surface area contributed by atoms with Crippen LogP contribution in [0.5, 0.6) is 0 Å². The van der Waals surface area contributed by atoms with E-state index in [4.69, 9.17) is 5.11 Å². The summed E-state index contributed by atoms with van der Waals surface area (Å²) in [5.74, 6) is -1.34. The van der Waals surface area contributed by atoms with Gasteiger partial charge in [0.2, 0.25) is 0 Å². The molecule has 1 saturated heterocycles. The fourth-order valence-corrected chi connectivity index (χ4v) is 3.07. The summed E-state index contributed by atoms with van der Waals surface area (Å²) in [4.78, 5) is 52.3. The SMILES string of the molecule is O=C(O)c1ccc([C@@H]2CCCN(C(=O)c3c[nH]c(=O)[nH]c3=O)C2)cc1. The lowest BCUT2D eigenvalue weighted by atomic mass is 9.90. The first-order valence-electron chi connectivity index (χ1n) is 7.90. The molecule has 3 rings (SSSR count). The van der Waals surface area contributed by atoms with Crippen molar-refractivity contribution in [2.75, 3.05) is 13.1 Å². The summed E-state index contributed by atoms with van der Waals surface area (Å²) in [6.07, 6.45) is 2.78. The minimum Gasteiger partial charge on any atom is -0.478 e. The number of likely N-dealkylation sites (tertiary alicyclic amines) is 1. The number of hydrogen-bond acceptors (Lipinski definition) is 4. The summed E-state index contributed by atoms with van der Waals surface area (Å²) in [6, 6.07) is 6.61. The van der Waals surface area contributed by atoms with Crippen molar-refractivity contribution in [3.8, 4) is 0 Å². The number of rotatable bonds is 3. The molecule has 1 aromatic heterocycles. The molecule has 25 heavy (non-hydrogen) atoms. The average Bonchev–Trinajstić information content (AvgIpc) is 2.61. The van der Waals surface area contributed by atoms with Gasteiger partial charge in [-0.1, -0.05) is 12.1 Å². The number of piperidine rings is 1. The van der Waals surface area contributed by atoms with Gasteiger partial charge in [0.25, 0.3) is 11.5 Å². The lowest BCUT2D eigenvalue weighted by molar-refractivity contribution is 0.0693. The average molecular weight is 343 g/mol. The number of aromatic amines is 2. The number of aromatic nitrogens is 2. The summed E-state index contributed by atoms with van der Waals surface area (Å²) >= 11 is 0. The van der Waals surface area contributed by atoms with Gasteiger partial charge in [-0.05, 0) is 30.5 Å². The van der Waals surface area contributed by atoms with E-state index in [-0.39, 0.29) is 17.0 Å². The summed E-state index contributed by atoms with van der Waals surface area (Å²) < 4.78 is 0. The highest BCUT2D eigenvalue weighted by Gasteiger charge is 2.27. The number of carbonyl (C=O) groups is 2. The Morgan fingerprint density at radius 2 is 1.88 bits per heavy atom. The van der Waals surface area contributed by atoms with Crippen LogP contribution in [0, 0.1) is 0 Å². The Bertz CT molecular complexity index is 913. The van der Waals surface area contributed by atoms with Crippen molar-refractivity contribution in [3.63, 3.8) is 0 Å². The molecule has 1 fully saturated rings. The molecule has 0 radical (unpaired) electrons. The number of carbonyl (C=O) groups excluding carboxylic acids is 1. The zero-order valence-corrected chi connectivity index (χ0v) is 13.3. The van der Waals surface area contributed by atoms with Gasteiger partial charge in [-0.2, -0.15) is 0 Å². The molecule has 0 spiro atoms. The van der Waals surface area contributed by atoms with Gasteiger partial charge in [-0.25, -0.2) is 9.59 Å². The van der Waals surface area contributed by atoms with E-state index in [0.717, 1.165) is 24.6 Å². The maximum atomic E-state index is 12.6. The second-order valence-electron chi connectivity index (χ2n) is 6.00. The lowest BCUT2D eigenvalue weighted by Gasteiger charge is -2.33. The Hall–Kier alpha value is -3.16. The molecule has 8 heteroatoms. The van der Waals surface area contributed by atoms with Gasteiger partial charge in [0.15, 0.2) is 0 Å². The van der Waals surface area contributed by atoms with Crippen molar-refractivity contribution in [3.05, 3.63) is 68.0 Å². The van der Waals surface area contributed by atoms with Gasteiger partial charge in [0.1, 0.15) is 5.56 Å². The largest absolute Gasteiger partial charge is 0.478 e. The molecule has 8 nitrogen and oxygen atoms in total. The number of benzene rings is 1. The second-order valence-corrected chi connectivity index (χ2v) is 6.00. The van der Waals surface area contributed by atoms with E-state index in [1.54, 1.807) is 29.2 Å². The Balaban J connectivity index is 1.78. The predicted molar refractivity (Wildman–Crippen MR) is 89.0 cm³/mol. The van der Waals surface area contributed by atoms with E-state index in [2.05, 4.69) is 4.98 Å². The summed E-state index contributed by atoms with van der Waals surface area (Å²) in [6.45, 7) is 0.963. The molecule has 2 aromatic rings. The number of carboxylic acids is 1. The second kappa shape index (κ2) is 6.76. The first-order valence-corrected chi connectivity index (χ1v) is 7.90. The Morgan fingerprint density at radius 1 is 1.16 bits per heavy atom. The lowest BCUT2D eigenvalue weighted by Crippen LogP contribution is -2.42. The van der Waals surface area contributed by atoms with Crippen LogP contribution in [0.2, 0.25) is 0 Å². The number of carboxylic acid groups (broad SMARTS) is 1. The molecule has 1 aliphatic rings. The fourth-order valence-electron chi connectivity index (χ4n) is 3.07. The van der Waals surface area contributed by atoms with E-state index >= 15 is 0 Å². The van der Waals surface area contributed by atoms with E-state index in [0.29, 0.717) is 13.1 Å². The van der Waals surface area contributed by atoms with Crippen molar-refractivity contribution in [1.82, 2.24) is 14.9 Å². The number of H-pyrrole nitrogens is 2. The van der Waals surface area contributed by atoms with E-state index < -0.39 is 23.1 Å². The highest BCUT2D eigenvalue weighted by molar-refractivity contribution is 5.93. The first kappa shape index (κ1) is 16.7. The summed E-state index contributed by atoms with van der Waals surface area (Å²) in [7, 11) is 0. The molecule has 130 valence electrons.